The van der Waals surface area contributed by atoms with E-state index >= 15 is 0 Å². The van der Waals surface area contributed by atoms with E-state index in [4.69, 9.17) is 16.4 Å². The van der Waals surface area contributed by atoms with Gasteiger partial charge in [0.05, 0.1) is 0 Å². The van der Waals surface area contributed by atoms with Gasteiger partial charge in [-0.2, -0.15) is 0 Å². The maximum atomic E-state index is 11.1. The van der Waals surface area contributed by atoms with E-state index in [0.717, 1.165) is 5.56 Å². The van der Waals surface area contributed by atoms with Crippen molar-refractivity contribution < 1.29 is 9.59 Å². The largest absolute Gasteiger partial charge is 0.351 e. The zero-order valence-electron chi connectivity index (χ0n) is 8.57. The van der Waals surface area contributed by atoms with E-state index in [0.29, 0.717) is 6.54 Å². The highest BCUT2D eigenvalue weighted by atomic mass is 35.5. The molecular weight excluding hydrogens is 214 g/mol. The number of nitrogens with one attached hydrogen (secondary N) is 1. The Morgan fingerprint density at radius 3 is 2.40 bits per heavy atom. The molecule has 0 radical (unpaired) electrons. The van der Waals surface area contributed by atoms with Crippen molar-refractivity contribution in [2.24, 2.45) is 0 Å². The third kappa shape index (κ3) is 5.86. The topological polar surface area (TPSA) is 46.2 Å². The van der Waals surface area contributed by atoms with E-state index in [-0.39, 0.29) is 5.91 Å². The molecule has 82 valence electrons. The molecule has 1 amide bonds. The Labute approximate surface area is 94.4 Å². The quantitative estimate of drug-likeness (QED) is 0.800. The van der Waals surface area contributed by atoms with Gasteiger partial charge in [0, 0.05) is 6.54 Å². The number of halogens is 1. The molecule has 0 fully saturated rings. The van der Waals surface area contributed by atoms with Gasteiger partial charge in [0.15, 0.2) is 0 Å². The average Bonchev–Trinajstić information content (AvgIpc) is 2.30. The number of amides is 1. The van der Waals surface area contributed by atoms with Crippen LogP contribution in [-0.4, -0.2) is 18.1 Å². The van der Waals surface area contributed by atoms with Gasteiger partial charge in [0.1, 0.15) is 12.2 Å². The molecule has 1 aromatic carbocycles. The van der Waals surface area contributed by atoms with Crippen LogP contribution in [0.25, 0.3) is 0 Å². The molecule has 0 aromatic heterocycles. The molecule has 0 saturated carbocycles. The maximum Gasteiger partial charge on any atom is 0.238 e. The van der Waals surface area contributed by atoms with E-state index in [1.165, 1.54) is 0 Å². The van der Waals surface area contributed by atoms with Crippen LogP contribution in [-0.2, 0) is 16.1 Å². The summed E-state index contributed by atoms with van der Waals surface area (Å²) in [5, 5.41) is 2.26. The van der Waals surface area contributed by atoms with Crippen molar-refractivity contribution in [2.75, 3.05) is 0 Å². The van der Waals surface area contributed by atoms with E-state index in [9.17, 15) is 4.79 Å². The zero-order valence-corrected chi connectivity index (χ0v) is 9.33. The second-order valence-electron chi connectivity index (χ2n) is 2.82. The summed E-state index contributed by atoms with van der Waals surface area (Å²) in [7, 11) is 0. The van der Waals surface area contributed by atoms with Gasteiger partial charge in [-0.1, -0.05) is 30.3 Å². The molecule has 3 nitrogen and oxygen atoms in total. The van der Waals surface area contributed by atoms with Crippen LogP contribution in [0.2, 0.25) is 0 Å². The zero-order chi connectivity index (χ0) is 11.7. The summed E-state index contributed by atoms with van der Waals surface area (Å²) in [6.07, 6.45) is 0. The predicted octanol–water partition coefficient (Wildman–Crippen LogP) is 1.75. The van der Waals surface area contributed by atoms with Gasteiger partial charge in [-0.15, -0.1) is 11.6 Å². The summed E-state index contributed by atoms with van der Waals surface area (Å²) in [5.41, 5.74) is 1.08. The Morgan fingerprint density at radius 1 is 1.40 bits per heavy atom. The molecule has 1 atom stereocenters. The standard InChI is InChI=1S/C10H12ClNO.CH2O/c1-8(11)10(13)12-7-9-5-3-2-4-6-9;1-2/h2-6,8H,7H2,1H3,(H,12,13);1H2. The smallest absolute Gasteiger partial charge is 0.238 e. The van der Waals surface area contributed by atoms with Crippen molar-refractivity contribution in [3.63, 3.8) is 0 Å². The molecule has 1 N–H and O–H groups in total. The van der Waals surface area contributed by atoms with Crippen molar-refractivity contribution in [1.29, 1.82) is 0 Å². The van der Waals surface area contributed by atoms with Gasteiger partial charge >= 0.3 is 0 Å². The highest BCUT2D eigenvalue weighted by molar-refractivity contribution is 6.30. The van der Waals surface area contributed by atoms with Crippen LogP contribution < -0.4 is 5.32 Å². The number of rotatable bonds is 3. The Morgan fingerprint density at radius 2 is 1.93 bits per heavy atom. The average molecular weight is 228 g/mol. The summed E-state index contributed by atoms with van der Waals surface area (Å²) in [6, 6.07) is 9.73. The molecule has 0 saturated heterocycles. The van der Waals surface area contributed by atoms with Crippen LogP contribution in [0.15, 0.2) is 30.3 Å². The van der Waals surface area contributed by atoms with Crippen LogP contribution in [0.3, 0.4) is 0 Å². The Balaban J connectivity index is 0.000000921. The number of hydrogen-bond donors (Lipinski definition) is 1. The predicted molar refractivity (Wildman–Crippen MR) is 60.7 cm³/mol. The molecule has 0 aliphatic carbocycles. The van der Waals surface area contributed by atoms with Crippen molar-refractivity contribution >= 4 is 24.3 Å². The highest BCUT2D eigenvalue weighted by Crippen LogP contribution is 1.98. The van der Waals surface area contributed by atoms with Gasteiger partial charge in [0.2, 0.25) is 5.91 Å². The third-order valence-corrected chi connectivity index (χ3v) is 1.87. The second-order valence-corrected chi connectivity index (χ2v) is 3.47. The number of alkyl halides is 1. The fourth-order valence-corrected chi connectivity index (χ4v) is 1.00. The normalized spacial score (nSPS) is 10.8. The van der Waals surface area contributed by atoms with Gasteiger partial charge in [0.25, 0.3) is 0 Å². The number of carbonyl (C=O) groups excluding carboxylic acids is 2. The lowest BCUT2D eigenvalue weighted by Gasteiger charge is -2.05. The first-order chi connectivity index (χ1) is 7.20. The van der Waals surface area contributed by atoms with E-state index < -0.39 is 5.38 Å². The van der Waals surface area contributed by atoms with E-state index in [2.05, 4.69) is 5.32 Å². The molecule has 0 bridgehead atoms. The summed E-state index contributed by atoms with van der Waals surface area (Å²) in [6.45, 7) is 4.19. The fraction of sp³-hybridized carbons (Fsp3) is 0.273. The summed E-state index contributed by atoms with van der Waals surface area (Å²) in [5.74, 6) is -0.134. The Hall–Kier alpha value is -1.35. The summed E-state index contributed by atoms with van der Waals surface area (Å²) in [4.78, 5) is 19.1. The lowest BCUT2D eigenvalue weighted by molar-refractivity contribution is -0.120. The lowest BCUT2D eigenvalue weighted by atomic mass is 10.2. The number of carbonyl (C=O) groups is 2. The van der Waals surface area contributed by atoms with Crippen molar-refractivity contribution in [3.8, 4) is 0 Å². The van der Waals surface area contributed by atoms with Crippen LogP contribution >= 0.6 is 11.6 Å². The molecule has 1 unspecified atom stereocenters. The van der Waals surface area contributed by atoms with Crippen molar-refractivity contribution in [2.45, 2.75) is 18.8 Å². The van der Waals surface area contributed by atoms with Crippen LogP contribution in [0.1, 0.15) is 12.5 Å². The SMILES string of the molecule is C=O.CC(Cl)C(=O)NCc1ccccc1. The molecule has 0 heterocycles. The molecule has 15 heavy (non-hydrogen) atoms. The van der Waals surface area contributed by atoms with Crippen molar-refractivity contribution in [3.05, 3.63) is 35.9 Å². The maximum absolute atomic E-state index is 11.1. The second kappa shape index (κ2) is 8.00. The first kappa shape index (κ1) is 13.7. The molecule has 1 aromatic rings. The van der Waals surface area contributed by atoms with Crippen LogP contribution in [0.4, 0.5) is 0 Å². The molecule has 0 spiro atoms. The van der Waals surface area contributed by atoms with E-state index in [1.54, 1.807) is 6.92 Å². The molecule has 0 aliphatic rings. The highest BCUT2D eigenvalue weighted by Gasteiger charge is 2.07. The number of hydrogen-bond acceptors (Lipinski definition) is 2. The van der Waals surface area contributed by atoms with Gasteiger partial charge < -0.3 is 10.1 Å². The van der Waals surface area contributed by atoms with Gasteiger partial charge in [-0.05, 0) is 12.5 Å². The number of benzene rings is 1. The summed E-state index contributed by atoms with van der Waals surface area (Å²) >= 11 is 5.58. The van der Waals surface area contributed by atoms with E-state index in [1.807, 2.05) is 37.1 Å². The van der Waals surface area contributed by atoms with Gasteiger partial charge in [-0.25, -0.2) is 0 Å². The lowest BCUT2D eigenvalue weighted by Crippen LogP contribution is -2.28. The first-order valence-corrected chi connectivity index (χ1v) is 4.88. The molecule has 0 aliphatic heterocycles. The fourth-order valence-electron chi connectivity index (χ4n) is 0.926. The van der Waals surface area contributed by atoms with Crippen molar-refractivity contribution in [1.82, 2.24) is 5.32 Å². The Bertz CT molecular complexity index is 288. The molecule has 1 rings (SSSR count). The Kier molecular flexibility index (Phi) is 7.28. The monoisotopic (exact) mass is 227 g/mol. The minimum absolute atomic E-state index is 0.134. The minimum Gasteiger partial charge on any atom is -0.351 e. The van der Waals surface area contributed by atoms with Crippen LogP contribution in [0, 0.1) is 0 Å². The molecule has 4 heteroatoms. The third-order valence-electron chi connectivity index (χ3n) is 1.67. The van der Waals surface area contributed by atoms with Crippen LogP contribution in [0.5, 0.6) is 0 Å². The minimum atomic E-state index is -0.469. The first-order valence-electron chi connectivity index (χ1n) is 4.44. The molecular formula is C11H14ClNO2. The van der Waals surface area contributed by atoms with Gasteiger partial charge in [-0.3, -0.25) is 4.79 Å². The summed E-state index contributed by atoms with van der Waals surface area (Å²) < 4.78 is 0.